The van der Waals surface area contributed by atoms with Gasteiger partial charge < -0.3 is 9.84 Å². The molecule has 0 fully saturated rings. The third kappa shape index (κ3) is 6.40. The smallest absolute Gasteiger partial charge is 0.172 e. The maximum atomic E-state index is 10.5. The molecule has 0 bridgehead atoms. The molecule has 0 unspecified atom stereocenters. The van der Waals surface area contributed by atoms with Crippen molar-refractivity contribution < 1.29 is 9.84 Å². The van der Waals surface area contributed by atoms with Gasteiger partial charge in [-0.3, -0.25) is 0 Å². The zero-order valence-electron chi connectivity index (χ0n) is 16.5. The van der Waals surface area contributed by atoms with Crippen LogP contribution in [0.4, 0.5) is 0 Å². The molecule has 0 atom stereocenters. The molecule has 0 spiro atoms. The summed E-state index contributed by atoms with van der Waals surface area (Å²) in [5.74, 6) is 1.68. The SMILES string of the molecule is CCCCCCCc1c(CCCCC)ccc(O)c1Oc1ccccc1. The van der Waals surface area contributed by atoms with E-state index in [4.69, 9.17) is 4.74 Å². The third-order valence-corrected chi connectivity index (χ3v) is 4.88. The van der Waals surface area contributed by atoms with E-state index in [1.165, 1.54) is 56.1 Å². The van der Waals surface area contributed by atoms with Gasteiger partial charge in [0.1, 0.15) is 5.75 Å². The molecular weight excluding hydrogens is 320 g/mol. The molecule has 0 aliphatic carbocycles. The minimum absolute atomic E-state index is 0.247. The molecule has 0 amide bonds. The number of aromatic hydroxyl groups is 1. The standard InChI is InChI=1S/C24H34O2/c1-3-5-7-8-13-17-22-20(14-10-6-4-2)18-19-23(25)24(22)26-21-15-11-9-12-16-21/h9,11-12,15-16,18-19,25H,3-8,10,13-14,17H2,1-2H3. The summed E-state index contributed by atoms with van der Waals surface area (Å²) in [6.45, 7) is 4.47. The number of phenols is 1. The van der Waals surface area contributed by atoms with Crippen molar-refractivity contribution in [1.29, 1.82) is 0 Å². The predicted molar refractivity (Wildman–Crippen MR) is 110 cm³/mol. The van der Waals surface area contributed by atoms with E-state index in [-0.39, 0.29) is 5.75 Å². The molecule has 0 radical (unpaired) electrons. The summed E-state index contributed by atoms with van der Waals surface area (Å²) in [6, 6.07) is 13.7. The summed E-state index contributed by atoms with van der Waals surface area (Å²) in [6.07, 6.45) is 11.9. The number of benzene rings is 2. The molecule has 142 valence electrons. The van der Waals surface area contributed by atoms with E-state index in [0.29, 0.717) is 5.75 Å². The highest BCUT2D eigenvalue weighted by Crippen LogP contribution is 2.38. The first-order chi connectivity index (χ1) is 12.8. The van der Waals surface area contributed by atoms with Crippen molar-refractivity contribution in [3.63, 3.8) is 0 Å². The van der Waals surface area contributed by atoms with Crippen LogP contribution in [0.15, 0.2) is 42.5 Å². The minimum Gasteiger partial charge on any atom is -0.504 e. The number of para-hydroxylation sites is 1. The van der Waals surface area contributed by atoms with Crippen molar-refractivity contribution in [2.45, 2.75) is 78.1 Å². The van der Waals surface area contributed by atoms with Gasteiger partial charge >= 0.3 is 0 Å². The molecule has 0 aliphatic heterocycles. The first-order valence-corrected chi connectivity index (χ1v) is 10.3. The fourth-order valence-electron chi connectivity index (χ4n) is 3.36. The third-order valence-electron chi connectivity index (χ3n) is 4.88. The number of hydrogen-bond acceptors (Lipinski definition) is 2. The number of hydrogen-bond donors (Lipinski definition) is 1. The van der Waals surface area contributed by atoms with Gasteiger partial charge in [-0.15, -0.1) is 0 Å². The lowest BCUT2D eigenvalue weighted by molar-refractivity contribution is 0.405. The average Bonchev–Trinajstić information content (AvgIpc) is 2.66. The lowest BCUT2D eigenvalue weighted by Gasteiger charge is -2.17. The Morgan fingerprint density at radius 2 is 1.38 bits per heavy atom. The number of rotatable bonds is 12. The lowest BCUT2D eigenvalue weighted by Crippen LogP contribution is -2.00. The monoisotopic (exact) mass is 354 g/mol. The summed E-state index contributed by atoms with van der Waals surface area (Å²) >= 11 is 0. The molecule has 2 aromatic carbocycles. The zero-order chi connectivity index (χ0) is 18.6. The Morgan fingerprint density at radius 3 is 2.12 bits per heavy atom. The highest BCUT2D eigenvalue weighted by molar-refractivity contribution is 5.52. The lowest BCUT2D eigenvalue weighted by atomic mass is 9.95. The molecule has 26 heavy (non-hydrogen) atoms. The van der Waals surface area contributed by atoms with Gasteiger partial charge in [-0.25, -0.2) is 0 Å². The van der Waals surface area contributed by atoms with Crippen LogP contribution in [0.1, 0.15) is 76.3 Å². The number of phenolic OH excluding ortho intramolecular Hbond substituents is 1. The van der Waals surface area contributed by atoms with Gasteiger partial charge in [-0.1, -0.05) is 76.6 Å². The van der Waals surface area contributed by atoms with E-state index < -0.39 is 0 Å². The number of unbranched alkanes of at least 4 members (excludes halogenated alkanes) is 6. The molecule has 2 rings (SSSR count). The molecule has 2 nitrogen and oxygen atoms in total. The molecular formula is C24H34O2. The van der Waals surface area contributed by atoms with Crippen LogP contribution in [0.5, 0.6) is 17.2 Å². The van der Waals surface area contributed by atoms with Crippen molar-refractivity contribution >= 4 is 0 Å². The quantitative estimate of drug-likeness (QED) is 0.402. The average molecular weight is 355 g/mol. The highest BCUT2D eigenvalue weighted by atomic mass is 16.5. The molecule has 0 aliphatic rings. The van der Waals surface area contributed by atoms with Crippen LogP contribution in [0.2, 0.25) is 0 Å². The Bertz CT molecular complexity index is 634. The molecule has 2 heteroatoms. The van der Waals surface area contributed by atoms with E-state index in [1.807, 2.05) is 30.3 Å². The van der Waals surface area contributed by atoms with Crippen molar-refractivity contribution in [1.82, 2.24) is 0 Å². The molecule has 0 saturated carbocycles. The fraction of sp³-hybridized carbons (Fsp3) is 0.500. The molecule has 0 saturated heterocycles. The topological polar surface area (TPSA) is 29.5 Å². The van der Waals surface area contributed by atoms with Crippen LogP contribution in [-0.4, -0.2) is 5.11 Å². The van der Waals surface area contributed by atoms with E-state index in [9.17, 15) is 5.11 Å². The van der Waals surface area contributed by atoms with Crippen LogP contribution >= 0.6 is 0 Å². The normalized spacial score (nSPS) is 10.8. The van der Waals surface area contributed by atoms with Gasteiger partial charge in [0.15, 0.2) is 11.5 Å². The van der Waals surface area contributed by atoms with Crippen LogP contribution in [0, 0.1) is 0 Å². The maximum absolute atomic E-state index is 10.5. The summed E-state index contributed by atoms with van der Waals surface area (Å²) in [5, 5.41) is 10.5. The first kappa shape index (κ1) is 20.4. The first-order valence-electron chi connectivity index (χ1n) is 10.3. The highest BCUT2D eigenvalue weighted by Gasteiger charge is 2.15. The van der Waals surface area contributed by atoms with E-state index in [1.54, 1.807) is 6.07 Å². The molecule has 1 N–H and O–H groups in total. The Kier molecular flexibility index (Phi) is 9.09. The van der Waals surface area contributed by atoms with Gasteiger partial charge in [-0.05, 0) is 49.4 Å². The predicted octanol–water partition coefficient (Wildman–Crippen LogP) is 7.43. The second kappa shape index (κ2) is 11.6. The fourth-order valence-corrected chi connectivity index (χ4v) is 3.36. The van der Waals surface area contributed by atoms with E-state index in [2.05, 4.69) is 19.9 Å². The van der Waals surface area contributed by atoms with Gasteiger partial charge in [-0.2, -0.15) is 0 Å². The van der Waals surface area contributed by atoms with Gasteiger partial charge in [0.05, 0.1) is 0 Å². The van der Waals surface area contributed by atoms with Gasteiger partial charge in [0, 0.05) is 5.56 Å². The molecule has 0 heterocycles. The summed E-state index contributed by atoms with van der Waals surface area (Å²) < 4.78 is 6.12. The molecule has 0 aromatic heterocycles. The Labute approximate surface area is 159 Å². The summed E-state index contributed by atoms with van der Waals surface area (Å²) in [4.78, 5) is 0. The van der Waals surface area contributed by atoms with Crippen molar-refractivity contribution in [2.24, 2.45) is 0 Å². The number of ether oxygens (including phenoxy) is 1. The summed E-state index contributed by atoms with van der Waals surface area (Å²) in [7, 11) is 0. The van der Waals surface area contributed by atoms with Crippen LogP contribution in [0.25, 0.3) is 0 Å². The van der Waals surface area contributed by atoms with Crippen LogP contribution < -0.4 is 4.74 Å². The van der Waals surface area contributed by atoms with Crippen molar-refractivity contribution in [3.8, 4) is 17.2 Å². The maximum Gasteiger partial charge on any atom is 0.172 e. The van der Waals surface area contributed by atoms with Gasteiger partial charge in [0.25, 0.3) is 0 Å². The zero-order valence-corrected chi connectivity index (χ0v) is 16.5. The number of aryl methyl sites for hydroxylation is 1. The van der Waals surface area contributed by atoms with E-state index in [0.717, 1.165) is 25.0 Å². The van der Waals surface area contributed by atoms with Gasteiger partial charge in [0.2, 0.25) is 0 Å². The minimum atomic E-state index is 0.247. The molecule has 2 aromatic rings. The van der Waals surface area contributed by atoms with Crippen LogP contribution in [0.3, 0.4) is 0 Å². The van der Waals surface area contributed by atoms with Crippen molar-refractivity contribution in [2.75, 3.05) is 0 Å². The largest absolute Gasteiger partial charge is 0.504 e. The summed E-state index contributed by atoms with van der Waals surface area (Å²) in [5.41, 5.74) is 2.53. The Hall–Kier alpha value is -1.96. The van der Waals surface area contributed by atoms with Crippen molar-refractivity contribution in [3.05, 3.63) is 53.6 Å². The van der Waals surface area contributed by atoms with E-state index >= 15 is 0 Å². The Balaban J connectivity index is 2.19. The second-order valence-corrected chi connectivity index (χ2v) is 7.09. The Morgan fingerprint density at radius 1 is 0.731 bits per heavy atom. The second-order valence-electron chi connectivity index (χ2n) is 7.09. The van der Waals surface area contributed by atoms with Crippen LogP contribution in [-0.2, 0) is 12.8 Å².